The average Bonchev–Trinajstić information content (AvgIpc) is 3.08. The molecule has 1 aromatic heterocycles. The van der Waals surface area contributed by atoms with Crippen molar-refractivity contribution in [3.8, 4) is 0 Å². The van der Waals surface area contributed by atoms with Gasteiger partial charge in [0.25, 0.3) is 0 Å². The zero-order chi connectivity index (χ0) is 18.3. The third-order valence-corrected chi connectivity index (χ3v) is 3.08. The van der Waals surface area contributed by atoms with Crippen molar-refractivity contribution in [2.75, 3.05) is 25.5 Å². The zero-order valence-corrected chi connectivity index (χ0v) is 15.6. The van der Waals surface area contributed by atoms with Crippen molar-refractivity contribution in [3.63, 3.8) is 0 Å². The van der Waals surface area contributed by atoms with Gasteiger partial charge in [-0.05, 0) is 49.7 Å². The number of carbonyl (C=O) groups is 2. The molecule has 1 amide bonds. The second-order valence-corrected chi connectivity index (χ2v) is 7.42. The monoisotopic (exact) mass is 331 g/mol. The lowest BCUT2D eigenvalue weighted by atomic mass is 10.0. The van der Waals surface area contributed by atoms with Crippen molar-refractivity contribution in [3.05, 3.63) is 29.5 Å². The number of nitrogens with zero attached hydrogens (tertiary/aromatic N) is 1. The first-order chi connectivity index (χ1) is 11.2. The van der Waals surface area contributed by atoms with Crippen molar-refractivity contribution in [1.29, 1.82) is 0 Å². The van der Waals surface area contributed by atoms with E-state index in [4.69, 9.17) is 0 Å². The molecule has 2 aromatic rings. The van der Waals surface area contributed by atoms with E-state index in [2.05, 4.69) is 38.0 Å². The average molecular weight is 331 g/mol. The van der Waals surface area contributed by atoms with Gasteiger partial charge in [-0.15, -0.1) is 0 Å². The number of benzene rings is 1. The molecule has 0 aliphatic carbocycles. The highest BCUT2D eigenvalue weighted by Gasteiger charge is 2.21. The number of nitrogens with one attached hydrogen (secondary N) is 2. The van der Waals surface area contributed by atoms with Crippen molar-refractivity contribution >= 4 is 29.3 Å². The van der Waals surface area contributed by atoms with Gasteiger partial charge in [0, 0.05) is 23.1 Å². The van der Waals surface area contributed by atoms with Crippen LogP contribution >= 0.6 is 0 Å². The highest BCUT2D eigenvalue weighted by molar-refractivity contribution is 5.96. The van der Waals surface area contributed by atoms with Crippen LogP contribution in [-0.4, -0.2) is 38.3 Å². The molecule has 0 saturated carbocycles. The number of hydrogen-bond acceptors (Lipinski definition) is 3. The van der Waals surface area contributed by atoms with Gasteiger partial charge in [0.2, 0.25) is 6.41 Å². The first kappa shape index (κ1) is 19.9. The fraction of sp³-hybridized carbons (Fsp3) is 0.474. The van der Waals surface area contributed by atoms with Gasteiger partial charge in [-0.1, -0.05) is 27.7 Å². The molecule has 0 atom stereocenters. The lowest BCUT2D eigenvalue weighted by molar-refractivity contribution is -0.107. The van der Waals surface area contributed by atoms with Gasteiger partial charge in [0.1, 0.15) is 0 Å². The number of carbonyl (C=O) groups excluding carboxylic acids is 2. The Bertz CT molecular complexity index is 678. The highest BCUT2D eigenvalue weighted by atomic mass is 16.1. The third kappa shape index (κ3) is 5.49. The molecule has 0 unspecified atom stereocenters. The van der Waals surface area contributed by atoms with Crippen LogP contribution in [0.25, 0.3) is 10.9 Å². The quantitative estimate of drug-likeness (QED) is 0.829. The van der Waals surface area contributed by atoms with Crippen molar-refractivity contribution in [1.82, 2.24) is 10.3 Å². The smallest absolute Gasteiger partial charge is 0.214 e. The van der Waals surface area contributed by atoms with Gasteiger partial charge < -0.3 is 15.2 Å². The van der Waals surface area contributed by atoms with Gasteiger partial charge in [-0.25, -0.2) is 0 Å². The van der Waals surface area contributed by atoms with Crippen LogP contribution in [-0.2, 0) is 11.2 Å². The van der Waals surface area contributed by atoms with Crippen LogP contribution in [0.5, 0.6) is 0 Å². The molecule has 0 bridgehead atoms. The minimum Gasteiger partial charge on any atom is -0.352 e. The molecule has 24 heavy (non-hydrogen) atoms. The zero-order valence-electron chi connectivity index (χ0n) is 15.6. The molecule has 2 heterocycles. The molecule has 0 saturated heterocycles. The number of aldehydes is 1. The van der Waals surface area contributed by atoms with Crippen molar-refractivity contribution in [2.24, 2.45) is 5.41 Å². The summed E-state index contributed by atoms with van der Waals surface area (Å²) in [5, 5.41) is 3.80. The predicted molar refractivity (Wildman–Crippen MR) is 101 cm³/mol. The number of anilines is 1. The molecular formula is C19H29N3O2. The van der Waals surface area contributed by atoms with Crippen LogP contribution < -0.4 is 10.2 Å². The summed E-state index contributed by atoms with van der Waals surface area (Å²) in [5.41, 5.74) is 4.13. The lowest BCUT2D eigenvalue weighted by Crippen LogP contribution is -2.17. The molecule has 5 nitrogen and oxygen atoms in total. The lowest BCUT2D eigenvalue weighted by Gasteiger charge is -2.09. The van der Waals surface area contributed by atoms with E-state index in [9.17, 15) is 9.59 Å². The standard InChI is InChI=1S/C12H10N2O2.C5H12.C2H7N/c15-6-8-5-10-9-3-4-14(7-16)12(9)2-1-11(10)13-8;1-5(2,3)4;1-3-2/h1-2,5-7,13H,3-4H2;1-4H3;3H,1-2H3. The Morgan fingerprint density at radius 3 is 2.25 bits per heavy atom. The first-order valence-electron chi connectivity index (χ1n) is 8.15. The van der Waals surface area contributed by atoms with E-state index in [1.807, 2.05) is 32.3 Å². The molecule has 0 spiro atoms. The summed E-state index contributed by atoms with van der Waals surface area (Å²) in [5.74, 6) is 0. The van der Waals surface area contributed by atoms with E-state index in [-0.39, 0.29) is 0 Å². The van der Waals surface area contributed by atoms with Gasteiger partial charge >= 0.3 is 0 Å². The van der Waals surface area contributed by atoms with Crippen LogP contribution in [0.2, 0.25) is 0 Å². The van der Waals surface area contributed by atoms with Crippen molar-refractivity contribution < 1.29 is 9.59 Å². The summed E-state index contributed by atoms with van der Waals surface area (Å²) in [4.78, 5) is 26.3. The maximum atomic E-state index is 10.8. The maximum Gasteiger partial charge on any atom is 0.214 e. The summed E-state index contributed by atoms with van der Waals surface area (Å²) in [6.07, 6.45) is 2.51. The second kappa shape index (κ2) is 8.64. The number of amides is 1. The van der Waals surface area contributed by atoms with Crippen LogP contribution in [0.3, 0.4) is 0 Å². The number of rotatable bonds is 2. The number of H-pyrrole nitrogens is 1. The van der Waals surface area contributed by atoms with Crippen molar-refractivity contribution in [2.45, 2.75) is 34.1 Å². The number of aromatic amines is 1. The fourth-order valence-electron chi connectivity index (χ4n) is 2.33. The predicted octanol–water partition coefficient (Wildman–Crippen LogP) is 3.39. The first-order valence-corrected chi connectivity index (χ1v) is 8.15. The van der Waals surface area contributed by atoms with Crippen LogP contribution in [0.1, 0.15) is 43.7 Å². The number of hydrogen-bond donors (Lipinski definition) is 2. The molecule has 3 rings (SSSR count). The molecule has 132 valence electrons. The fourth-order valence-corrected chi connectivity index (χ4v) is 2.33. The summed E-state index contributed by atoms with van der Waals surface area (Å²) < 4.78 is 0. The Labute approximate surface area is 144 Å². The third-order valence-electron chi connectivity index (χ3n) is 3.08. The van der Waals surface area contributed by atoms with Crippen LogP contribution in [0.15, 0.2) is 18.2 Å². The highest BCUT2D eigenvalue weighted by Crippen LogP contribution is 2.33. The van der Waals surface area contributed by atoms with E-state index >= 15 is 0 Å². The Kier molecular flexibility index (Phi) is 7.17. The largest absolute Gasteiger partial charge is 0.352 e. The molecule has 5 heteroatoms. The Hall–Kier alpha value is -2.14. The van der Waals surface area contributed by atoms with E-state index in [1.165, 1.54) is 0 Å². The van der Waals surface area contributed by atoms with E-state index in [0.717, 1.165) is 47.8 Å². The molecule has 1 aliphatic heterocycles. The Balaban J connectivity index is 0.000000307. The van der Waals surface area contributed by atoms with E-state index in [1.54, 1.807) is 4.90 Å². The summed E-state index contributed by atoms with van der Waals surface area (Å²) in [6, 6.07) is 5.67. The van der Waals surface area contributed by atoms with E-state index in [0.29, 0.717) is 11.1 Å². The topological polar surface area (TPSA) is 65.2 Å². The molecule has 0 radical (unpaired) electrons. The van der Waals surface area contributed by atoms with E-state index < -0.39 is 0 Å². The summed E-state index contributed by atoms with van der Waals surface area (Å²) in [7, 11) is 3.75. The van der Waals surface area contributed by atoms with Gasteiger partial charge in [-0.3, -0.25) is 9.59 Å². The Morgan fingerprint density at radius 2 is 1.75 bits per heavy atom. The molecule has 1 aliphatic rings. The maximum absolute atomic E-state index is 10.8. The molecule has 1 aromatic carbocycles. The van der Waals surface area contributed by atoms with Gasteiger partial charge in [0.15, 0.2) is 6.29 Å². The number of fused-ring (bicyclic) bond motifs is 3. The SMILES string of the molecule is CC(C)(C)C.CNC.O=Cc1cc2c3c(ccc2[nH]1)N(C=O)CC3. The minimum atomic E-state index is 0.500. The van der Waals surface area contributed by atoms with Crippen LogP contribution in [0.4, 0.5) is 5.69 Å². The van der Waals surface area contributed by atoms with Gasteiger partial charge in [-0.2, -0.15) is 0 Å². The number of aromatic nitrogens is 1. The van der Waals surface area contributed by atoms with Gasteiger partial charge in [0.05, 0.1) is 5.69 Å². The normalized spacial score (nSPS) is 12.7. The summed E-state index contributed by atoms with van der Waals surface area (Å²) >= 11 is 0. The summed E-state index contributed by atoms with van der Waals surface area (Å²) in [6.45, 7) is 9.47. The molecule has 0 fully saturated rings. The Morgan fingerprint density at radius 1 is 1.17 bits per heavy atom. The van der Waals surface area contributed by atoms with Crippen LogP contribution in [0, 0.1) is 5.41 Å². The minimum absolute atomic E-state index is 0.500. The molecular weight excluding hydrogens is 302 g/mol. The second-order valence-electron chi connectivity index (χ2n) is 7.42. The molecule has 2 N–H and O–H groups in total.